The second kappa shape index (κ2) is 9.04. The van der Waals surface area contributed by atoms with Gasteiger partial charge >= 0.3 is 6.09 Å². The molecule has 1 aromatic carbocycles. The lowest BCUT2D eigenvalue weighted by atomic mass is 9.91. The zero-order valence-corrected chi connectivity index (χ0v) is 14.4. The highest BCUT2D eigenvalue weighted by Crippen LogP contribution is 2.21. The Hall–Kier alpha value is -1.59. The fourth-order valence-corrected chi connectivity index (χ4v) is 3.66. The average molecular weight is 331 g/mol. The Morgan fingerprint density at radius 3 is 2.67 bits per heavy atom. The van der Waals surface area contributed by atoms with Crippen molar-refractivity contribution in [2.24, 2.45) is 5.92 Å². The molecule has 2 heterocycles. The number of hydrogen-bond donors (Lipinski definition) is 2. The maximum Gasteiger partial charge on any atom is 0.410 e. The number of piperidine rings is 1. The van der Waals surface area contributed by atoms with E-state index in [9.17, 15) is 4.79 Å². The molecule has 0 aliphatic carbocycles. The van der Waals surface area contributed by atoms with Crippen LogP contribution in [0.25, 0.3) is 0 Å². The molecule has 0 aromatic heterocycles. The number of benzene rings is 1. The number of hydrogen-bond acceptors (Lipinski definition) is 4. The molecule has 1 atom stereocenters. The molecule has 3 rings (SSSR count). The summed E-state index contributed by atoms with van der Waals surface area (Å²) in [6, 6.07) is 10.1. The van der Waals surface area contributed by atoms with Gasteiger partial charge in [0.25, 0.3) is 0 Å². The predicted molar refractivity (Wildman–Crippen MR) is 94.8 cm³/mol. The van der Waals surface area contributed by atoms with Gasteiger partial charge in [-0.15, -0.1) is 0 Å². The molecule has 2 aliphatic rings. The van der Waals surface area contributed by atoms with Gasteiger partial charge in [-0.2, -0.15) is 0 Å². The van der Waals surface area contributed by atoms with Crippen LogP contribution in [-0.2, 0) is 11.3 Å². The highest BCUT2D eigenvalue weighted by molar-refractivity contribution is 5.68. The van der Waals surface area contributed by atoms with Gasteiger partial charge in [0.15, 0.2) is 0 Å². The van der Waals surface area contributed by atoms with Crippen molar-refractivity contribution in [2.75, 3.05) is 32.7 Å². The van der Waals surface area contributed by atoms with E-state index in [2.05, 4.69) is 10.6 Å². The SMILES string of the molecule is O=C(OCc1ccccc1)N1CCNCC1CCC1CCNCC1. The smallest absolute Gasteiger partial charge is 0.410 e. The van der Waals surface area contributed by atoms with Crippen molar-refractivity contribution in [2.45, 2.75) is 38.3 Å². The zero-order valence-electron chi connectivity index (χ0n) is 14.4. The van der Waals surface area contributed by atoms with E-state index in [1.54, 1.807) is 0 Å². The van der Waals surface area contributed by atoms with Gasteiger partial charge in [0.2, 0.25) is 0 Å². The first-order chi connectivity index (χ1) is 11.8. The quantitative estimate of drug-likeness (QED) is 0.870. The summed E-state index contributed by atoms with van der Waals surface area (Å²) >= 11 is 0. The summed E-state index contributed by atoms with van der Waals surface area (Å²) < 4.78 is 5.54. The molecule has 1 aromatic rings. The van der Waals surface area contributed by atoms with Gasteiger partial charge in [-0.05, 0) is 50.3 Å². The van der Waals surface area contributed by atoms with Crippen molar-refractivity contribution < 1.29 is 9.53 Å². The fraction of sp³-hybridized carbons (Fsp3) is 0.632. The van der Waals surface area contributed by atoms with E-state index in [0.29, 0.717) is 6.61 Å². The van der Waals surface area contributed by atoms with Crippen LogP contribution in [0.2, 0.25) is 0 Å². The van der Waals surface area contributed by atoms with Crippen LogP contribution in [0.1, 0.15) is 31.2 Å². The zero-order chi connectivity index (χ0) is 16.6. The Balaban J connectivity index is 1.48. The molecule has 0 bridgehead atoms. The Kier molecular flexibility index (Phi) is 6.49. The minimum atomic E-state index is -0.171. The summed E-state index contributed by atoms with van der Waals surface area (Å²) in [5.41, 5.74) is 1.03. The highest BCUT2D eigenvalue weighted by Gasteiger charge is 2.28. The predicted octanol–water partition coefficient (Wildman–Crippen LogP) is 2.38. The molecule has 1 amide bonds. The maximum absolute atomic E-state index is 12.5. The number of rotatable bonds is 5. The van der Waals surface area contributed by atoms with Crippen LogP contribution in [-0.4, -0.2) is 49.8 Å². The number of amides is 1. The minimum Gasteiger partial charge on any atom is -0.445 e. The molecule has 0 saturated carbocycles. The van der Waals surface area contributed by atoms with Crippen LogP contribution in [0, 0.1) is 5.92 Å². The lowest BCUT2D eigenvalue weighted by Crippen LogP contribution is -2.53. The van der Waals surface area contributed by atoms with Crippen molar-refractivity contribution in [3.8, 4) is 0 Å². The van der Waals surface area contributed by atoms with Crippen LogP contribution in [0.4, 0.5) is 4.79 Å². The van der Waals surface area contributed by atoms with E-state index in [0.717, 1.165) is 50.6 Å². The lowest BCUT2D eigenvalue weighted by molar-refractivity contribution is 0.0682. The van der Waals surface area contributed by atoms with Gasteiger partial charge in [-0.3, -0.25) is 0 Å². The minimum absolute atomic E-state index is 0.171. The third-order valence-electron chi connectivity index (χ3n) is 5.16. The van der Waals surface area contributed by atoms with Gasteiger partial charge in [0.1, 0.15) is 6.61 Å². The molecule has 132 valence electrons. The van der Waals surface area contributed by atoms with Crippen molar-refractivity contribution in [1.29, 1.82) is 0 Å². The van der Waals surface area contributed by atoms with Gasteiger partial charge in [0, 0.05) is 25.7 Å². The number of ether oxygens (including phenoxy) is 1. The Bertz CT molecular complexity index is 503. The Morgan fingerprint density at radius 2 is 1.88 bits per heavy atom. The van der Waals surface area contributed by atoms with Gasteiger partial charge in [0.05, 0.1) is 0 Å². The average Bonchev–Trinajstić information content (AvgIpc) is 2.66. The van der Waals surface area contributed by atoms with Crippen molar-refractivity contribution >= 4 is 6.09 Å². The molecule has 2 N–H and O–H groups in total. The maximum atomic E-state index is 12.5. The first-order valence-corrected chi connectivity index (χ1v) is 9.21. The Morgan fingerprint density at radius 1 is 1.08 bits per heavy atom. The normalized spacial score (nSPS) is 22.3. The number of carbonyl (C=O) groups excluding carboxylic acids is 1. The Labute approximate surface area is 144 Å². The molecule has 1 unspecified atom stereocenters. The molecular weight excluding hydrogens is 302 g/mol. The third kappa shape index (κ3) is 4.95. The molecule has 2 saturated heterocycles. The highest BCUT2D eigenvalue weighted by atomic mass is 16.6. The van der Waals surface area contributed by atoms with E-state index in [1.807, 2.05) is 35.2 Å². The summed E-state index contributed by atoms with van der Waals surface area (Å²) in [7, 11) is 0. The molecular formula is C19H29N3O2. The van der Waals surface area contributed by atoms with Gasteiger partial charge in [-0.25, -0.2) is 4.79 Å². The summed E-state index contributed by atoms with van der Waals surface area (Å²) in [6.07, 6.45) is 4.63. The number of nitrogens with zero attached hydrogens (tertiary/aromatic N) is 1. The van der Waals surface area contributed by atoms with Crippen LogP contribution < -0.4 is 10.6 Å². The van der Waals surface area contributed by atoms with Crippen LogP contribution >= 0.6 is 0 Å². The summed E-state index contributed by atoms with van der Waals surface area (Å²) in [5, 5.41) is 6.83. The van der Waals surface area contributed by atoms with Gasteiger partial charge < -0.3 is 20.3 Å². The molecule has 5 nitrogen and oxygen atoms in total. The molecule has 0 spiro atoms. The van der Waals surface area contributed by atoms with E-state index in [1.165, 1.54) is 19.3 Å². The van der Waals surface area contributed by atoms with E-state index in [-0.39, 0.29) is 12.1 Å². The van der Waals surface area contributed by atoms with E-state index < -0.39 is 0 Å². The number of piperazine rings is 1. The van der Waals surface area contributed by atoms with Crippen LogP contribution in [0.15, 0.2) is 30.3 Å². The molecule has 24 heavy (non-hydrogen) atoms. The van der Waals surface area contributed by atoms with E-state index >= 15 is 0 Å². The van der Waals surface area contributed by atoms with Crippen molar-refractivity contribution in [3.63, 3.8) is 0 Å². The van der Waals surface area contributed by atoms with Crippen LogP contribution in [0.5, 0.6) is 0 Å². The molecule has 0 radical (unpaired) electrons. The lowest BCUT2D eigenvalue weighted by Gasteiger charge is -2.36. The van der Waals surface area contributed by atoms with E-state index in [4.69, 9.17) is 4.74 Å². The first kappa shape index (κ1) is 17.2. The summed E-state index contributed by atoms with van der Waals surface area (Å²) in [5.74, 6) is 0.801. The first-order valence-electron chi connectivity index (χ1n) is 9.21. The van der Waals surface area contributed by atoms with Crippen LogP contribution in [0.3, 0.4) is 0 Å². The summed E-state index contributed by atoms with van der Waals surface area (Å²) in [6.45, 7) is 5.09. The number of carbonyl (C=O) groups is 1. The fourth-order valence-electron chi connectivity index (χ4n) is 3.66. The largest absolute Gasteiger partial charge is 0.445 e. The standard InChI is InChI=1S/C19H29N3O2/c23-19(24-15-17-4-2-1-3-5-17)22-13-12-21-14-18(22)7-6-16-8-10-20-11-9-16/h1-5,16,18,20-21H,6-15H2. The topological polar surface area (TPSA) is 53.6 Å². The molecule has 5 heteroatoms. The van der Waals surface area contributed by atoms with Crippen molar-refractivity contribution in [1.82, 2.24) is 15.5 Å². The molecule has 2 aliphatic heterocycles. The number of nitrogens with one attached hydrogen (secondary N) is 2. The third-order valence-corrected chi connectivity index (χ3v) is 5.16. The monoisotopic (exact) mass is 331 g/mol. The second-order valence-corrected chi connectivity index (χ2v) is 6.86. The molecule has 2 fully saturated rings. The van der Waals surface area contributed by atoms with Gasteiger partial charge in [-0.1, -0.05) is 30.3 Å². The summed E-state index contributed by atoms with van der Waals surface area (Å²) in [4.78, 5) is 14.4. The van der Waals surface area contributed by atoms with Crippen molar-refractivity contribution in [3.05, 3.63) is 35.9 Å². The second-order valence-electron chi connectivity index (χ2n) is 6.86.